The predicted molar refractivity (Wildman–Crippen MR) is 38.3 cm³/mol. The van der Waals surface area contributed by atoms with E-state index in [0.29, 0.717) is 0 Å². The van der Waals surface area contributed by atoms with E-state index in [1.165, 1.54) is 0 Å². The maximum Gasteiger partial charge on any atom is 0.140 e. The second-order valence-electron chi connectivity index (χ2n) is 1.50. The minimum absolute atomic E-state index is 0.0139. The van der Waals surface area contributed by atoms with Gasteiger partial charge in [-0.25, -0.2) is 0 Å². The molecule has 0 saturated carbocycles. The Labute approximate surface area is 56.0 Å². The molecule has 0 aliphatic carbocycles. The predicted octanol–water partition coefficient (Wildman–Crippen LogP) is 0.740. The minimum Gasteiger partial charge on any atom is -0.301 e. The fraction of sp³-hybridized carbons (Fsp3) is 0.571. The summed E-state index contributed by atoms with van der Waals surface area (Å²) >= 11 is 0. The topological polar surface area (TPSA) is 29.1 Å². The number of carbonyl (C=O) groups is 1. The summed E-state index contributed by atoms with van der Waals surface area (Å²) < 4.78 is 0. The molecule has 0 bridgehead atoms. The number of hydrogen-bond donors (Lipinski definition) is 1. The van der Waals surface area contributed by atoms with Gasteiger partial charge in [0.15, 0.2) is 0 Å². The van der Waals surface area contributed by atoms with E-state index in [9.17, 15) is 4.79 Å². The average Bonchev–Trinajstić information content (AvgIpc) is 2.43. The molecule has 52 valence electrons. The standard InChI is InChI=1S/C5H7NO.C2H6/c7-4-5-2-1-3-6-5;1-2/h1-2,4-6H,3H2;1-2H3/t5-;/m0./s1. The molecule has 0 aromatic carbocycles. The van der Waals surface area contributed by atoms with Gasteiger partial charge in [-0.05, 0) is 0 Å². The van der Waals surface area contributed by atoms with Crippen LogP contribution in [0.3, 0.4) is 0 Å². The molecule has 0 unspecified atom stereocenters. The van der Waals surface area contributed by atoms with Gasteiger partial charge < -0.3 is 10.1 Å². The summed E-state index contributed by atoms with van der Waals surface area (Å²) in [5.41, 5.74) is 0. The van der Waals surface area contributed by atoms with Crippen LogP contribution in [-0.2, 0) is 4.79 Å². The molecule has 1 heterocycles. The van der Waals surface area contributed by atoms with E-state index in [-0.39, 0.29) is 6.04 Å². The first kappa shape index (κ1) is 8.37. The number of rotatable bonds is 1. The molecule has 0 aromatic heterocycles. The highest BCUT2D eigenvalue weighted by atomic mass is 16.1. The summed E-state index contributed by atoms with van der Waals surface area (Å²) in [6, 6.07) is -0.0139. The van der Waals surface area contributed by atoms with Crippen LogP contribution in [-0.4, -0.2) is 18.9 Å². The van der Waals surface area contributed by atoms with Crippen molar-refractivity contribution in [2.24, 2.45) is 0 Å². The lowest BCUT2D eigenvalue weighted by atomic mass is 10.4. The third-order valence-corrected chi connectivity index (χ3v) is 0.961. The van der Waals surface area contributed by atoms with Gasteiger partial charge in [-0.15, -0.1) is 0 Å². The van der Waals surface area contributed by atoms with Gasteiger partial charge in [0.25, 0.3) is 0 Å². The van der Waals surface area contributed by atoms with Crippen molar-refractivity contribution in [1.82, 2.24) is 5.32 Å². The Bertz CT molecular complexity index is 99.1. The molecule has 2 nitrogen and oxygen atoms in total. The van der Waals surface area contributed by atoms with Crippen LogP contribution in [0.4, 0.5) is 0 Å². The van der Waals surface area contributed by atoms with Crippen molar-refractivity contribution in [3.63, 3.8) is 0 Å². The molecule has 0 fully saturated rings. The molecular formula is C7H13NO. The van der Waals surface area contributed by atoms with E-state index in [4.69, 9.17) is 0 Å². The lowest BCUT2D eigenvalue weighted by molar-refractivity contribution is -0.108. The van der Waals surface area contributed by atoms with Crippen LogP contribution in [0.25, 0.3) is 0 Å². The molecule has 1 aliphatic rings. The fourth-order valence-corrected chi connectivity index (χ4v) is 0.580. The van der Waals surface area contributed by atoms with Gasteiger partial charge in [-0.2, -0.15) is 0 Å². The van der Waals surface area contributed by atoms with Crippen LogP contribution in [0.1, 0.15) is 13.8 Å². The van der Waals surface area contributed by atoms with E-state index in [2.05, 4.69) is 5.32 Å². The van der Waals surface area contributed by atoms with Gasteiger partial charge in [0.1, 0.15) is 6.29 Å². The molecule has 1 atom stereocenters. The van der Waals surface area contributed by atoms with Crippen LogP contribution in [0.2, 0.25) is 0 Å². The summed E-state index contributed by atoms with van der Waals surface area (Å²) in [6.45, 7) is 4.84. The quantitative estimate of drug-likeness (QED) is 0.416. The minimum atomic E-state index is -0.0139. The Morgan fingerprint density at radius 1 is 1.67 bits per heavy atom. The molecule has 0 saturated heterocycles. The number of carbonyl (C=O) groups excluding carboxylic acids is 1. The first-order valence-electron chi connectivity index (χ1n) is 3.29. The average molecular weight is 127 g/mol. The van der Waals surface area contributed by atoms with Crippen LogP contribution < -0.4 is 5.32 Å². The van der Waals surface area contributed by atoms with Crippen LogP contribution in [0, 0.1) is 0 Å². The van der Waals surface area contributed by atoms with E-state index in [0.717, 1.165) is 12.8 Å². The zero-order valence-electron chi connectivity index (χ0n) is 5.92. The third kappa shape index (κ3) is 3.03. The summed E-state index contributed by atoms with van der Waals surface area (Å²) in [5.74, 6) is 0. The highest BCUT2D eigenvalue weighted by Crippen LogP contribution is 1.88. The maximum atomic E-state index is 9.89. The van der Waals surface area contributed by atoms with Crippen molar-refractivity contribution >= 4 is 6.29 Å². The summed E-state index contributed by atoms with van der Waals surface area (Å²) in [7, 11) is 0. The summed E-state index contributed by atoms with van der Waals surface area (Å²) in [6.07, 6.45) is 4.69. The van der Waals surface area contributed by atoms with Crippen molar-refractivity contribution < 1.29 is 4.79 Å². The van der Waals surface area contributed by atoms with Gasteiger partial charge in [-0.1, -0.05) is 26.0 Å². The number of nitrogens with one attached hydrogen (secondary N) is 1. The fourth-order valence-electron chi connectivity index (χ4n) is 0.580. The summed E-state index contributed by atoms with van der Waals surface area (Å²) in [4.78, 5) is 9.89. The first-order chi connectivity index (χ1) is 4.43. The van der Waals surface area contributed by atoms with Crippen LogP contribution in [0.15, 0.2) is 12.2 Å². The Morgan fingerprint density at radius 3 is 2.56 bits per heavy atom. The largest absolute Gasteiger partial charge is 0.301 e. The van der Waals surface area contributed by atoms with Crippen molar-refractivity contribution in [2.45, 2.75) is 19.9 Å². The summed E-state index contributed by atoms with van der Waals surface area (Å²) in [5, 5.41) is 2.93. The highest BCUT2D eigenvalue weighted by Gasteiger charge is 2.02. The first-order valence-corrected chi connectivity index (χ1v) is 3.29. The number of hydrogen-bond acceptors (Lipinski definition) is 2. The molecule has 0 aromatic rings. The van der Waals surface area contributed by atoms with Crippen molar-refractivity contribution in [3.8, 4) is 0 Å². The highest BCUT2D eigenvalue weighted by molar-refractivity contribution is 5.61. The van der Waals surface area contributed by atoms with Crippen molar-refractivity contribution in [2.75, 3.05) is 6.54 Å². The Morgan fingerprint density at radius 2 is 2.33 bits per heavy atom. The van der Waals surface area contributed by atoms with E-state index in [1.54, 1.807) is 0 Å². The third-order valence-electron chi connectivity index (χ3n) is 0.961. The van der Waals surface area contributed by atoms with E-state index in [1.807, 2.05) is 26.0 Å². The van der Waals surface area contributed by atoms with Crippen LogP contribution in [0.5, 0.6) is 0 Å². The van der Waals surface area contributed by atoms with Crippen molar-refractivity contribution in [1.29, 1.82) is 0 Å². The molecule has 9 heavy (non-hydrogen) atoms. The second kappa shape index (κ2) is 5.51. The molecule has 1 N–H and O–H groups in total. The second-order valence-corrected chi connectivity index (χ2v) is 1.50. The molecule has 2 heteroatoms. The van der Waals surface area contributed by atoms with Crippen molar-refractivity contribution in [3.05, 3.63) is 12.2 Å². The molecule has 0 radical (unpaired) electrons. The lowest BCUT2D eigenvalue weighted by Crippen LogP contribution is -2.22. The van der Waals surface area contributed by atoms with Crippen LogP contribution >= 0.6 is 0 Å². The zero-order chi connectivity index (χ0) is 7.11. The van der Waals surface area contributed by atoms with E-state index >= 15 is 0 Å². The zero-order valence-corrected chi connectivity index (χ0v) is 5.92. The molecule has 1 aliphatic heterocycles. The van der Waals surface area contributed by atoms with Gasteiger partial charge in [0.05, 0.1) is 6.04 Å². The Kier molecular flexibility index (Phi) is 5.12. The Balaban J connectivity index is 0.000000291. The van der Waals surface area contributed by atoms with Gasteiger partial charge in [0.2, 0.25) is 0 Å². The Hall–Kier alpha value is -0.630. The monoisotopic (exact) mass is 127 g/mol. The smallest absolute Gasteiger partial charge is 0.140 e. The molecule has 0 spiro atoms. The van der Waals surface area contributed by atoms with Gasteiger partial charge in [0, 0.05) is 6.54 Å². The van der Waals surface area contributed by atoms with Gasteiger partial charge >= 0.3 is 0 Å². The molecule has 1 rings (SSSR count). The number of aldehydes is 1. The SMILES string of the molecule is CC.O=C[C@@H]1C=CCN1. The normalized spacial score (nSPS) is 22.7. The molecule has 0 amide bonds. The van der Waals surface area contributed by atoms with Gasteiger partial charge in [-0.3, -0.25) is 0 Å². The maximum absolute atomic E-state index is 9.89. The molecular weight excluding hydrogens is 114 g/mol. The lowest BCUT2D eigenvalue weighted by Gasteiger charge is -1.93. The van der Waals surface area contributed by atoms with E-state index < -0.39 is 0 Å².